The summed E-state index contributed by atoms with van der Waals surface area (Å²) in [6.07, 6.45) is 3.99. The maximum Gasteiger partial charge on any atom is 0.274 e. The summed E-state index contributed by atoms with van der Waals surface area (Å²) in [4.78, 5) is 57.5. The monoisotopic (exact) mass is 692 g/mol. The number of carbonyl (C=O) groups excluding carboxylic acids is 4. The van der Waals surface area contributed by atoms with Crippen molar-refractivity contribution >= 4 is 29.3 Å². The Morgan fingerprint density at radius 3 is 2.25 bits per heavy atom. The van der Waals surface area contributed by atoms with Crippen molar-refractivity contribution in [2.24, 2.45) is 5.73 Å². The molecule has 4 aromatic rings. The summed E-state index contributed by atoms with van der Waals surface area (Å²) in [5.41, 5.74) is 10.2. The number of aromatic nitrogens is 2. The number of hydrogen-bond acceptors (Lipinski definition) is 6. The molecule has 51 heavy (non-hydrogen) atoms. The zero-order valence-electron chi connectivity index (χ0n) is 29.7. The molecule has 0 radical (unpaired) electrons. The Kier molecular flexibility index (Phi) is 12.4. The number of primary amides is 1. The van der Waals surface area contributed by atoms with Crippen molar-refractivity contribution < 1.29 is 24.3 Å². The van der Waals surface area contributed by atoms with E-state index >= 15 is 0 Å². The maximum atomic E-state index is 14.6. The maximum absolute atomic E-state index is 14.6. The quantitative estimate of drug-likeness (QED) is 0.152. The van der Waals surface area contributed by atoms with Crippen LogP contribution in [0.3, 0.4) is 0 Å². The lowest BCUT2D eigenvalue weighted by Crippen LogP contribution is -2.46. The van der Waals surface area contributed by atoms with Crippen molar-refractivity contribution in [3.8, 4) is 5.69 Å². The lowest BCUT2D eigenvalue weighted by Gasteiger charge is -2.36. The molecule has 268 valence electrons. The molecule has 0 bridgehead atoms. The standard InChI is InChI=1S/C40H48N6O5/c1-4-6-19-44(20-7-5-2)40(51)35-21-27(3)46(43-35)36-18-17-31(42-38(49)33(24-37(41)48)28-13-9-8-10-14-28)23-34(36)39(50)45-25-30-16-12-11-15-29(30)22-32(45)26-47/h8-18,21,23,32-33,47H,4-7,19-20,22,24-26H2,1-3H3,(H2,41,48)(H,42,49). The molecule has 2 atom stereocenters. The molecule has 1 aromatic heterocycles. The molecule has 1 aliphatic rings. The van der Waals surface area contributed by atoms with Gasteiger partial charge >= 0.3 is 0 Å². The molecule has 11 nitrogen and oxygen atoms in total. The van der Waals surface area contributed by atoms with E-state index in [0.717, 1.165) is 36.8 Å². The van der Waals surface area contributed by atoms with Gasteiger partial charge in [-0.05, 0) is 67.1 Å². The van der Waals surface area contributed by atoms with Gasteiger partial charge in [0.05, 0.1) is 29.8 Å². The molecule has 2 unspecified atom stereocenters. The Morgan fingerprint density at radius 1 is 0.941 bits per heavy atom. The first-order valence-corrected chi connectivity index (χ1v) is 17.8. The number of rotatable bonds is 15. The second-order valence-corrected chi connectivity index (χ2v) is 13.2. The number of carbonyl (C=O) groups is 4. The second kappa shape index (κ2) is 17.1. The molecular weight excluding hydrogens is 644 g/mol. The predicted molar refractivity (Wildman–Crippen MR) is 197 cm³/mol. The van der Waals surface area contributed by atoms with E-state index in [2.05, 4.69) is 19.2 Å². The number of hydrogen-bond donors (Lipinski definition) is 3. The van der Waals surface area contributed by atoms with Crippen LogP contribution in [0, 0.1) is 6.92 Å². The first-order chi connectivity index (χ1) is 24.6. The number of fused-ring (bicyclic) bond motifs is 1. The van der Waals surface area contributed by atoms with Gasteiger partial charge in [-0.3, -0.25) is 19.2 Å². The van der Waals surface area contributed by atoms with Crippen LogP contribution >= 0.6 is 0 Å². The van der Waals surface area contributed by atoms with Crippen LogP contribution in [0.15, 0.2) is 78.9 Å². The van der Waals surface area contributed by atoms with E-state index in [1.807, 2.05) is 42.2 Å². The minimum atomic E-state index is -0.842. The molecule has 4 amide bonds. The van der Waals surface area contributed by atoms with Crippen molar-refractivity contribution in [3.05, 3.63) is 113 Å². The van der Waals surface area contributed by atoms with Crippen LogP contribution in [0.1, 0.15) is 95.1 Å². The molecule has 2 heterocycles. The third kappa shape index (κ3) is 8.72. The zero-order chi connectivity index (χ0) is 36.5. The number of nitrogens with two attached hydrogens (primary N) is 1. The summed E-state index contributed by atoms with van der Waals surface area (Å²) in [7, 11) is 0. The van der Waals surface area contributed by atoms with Gasteiger partial charge in [-0.25, -0.2) is 4.68 Å². The fourth-order valence-corrected chi connectivity index (χ4v) is 6.59. The molecule has 1 aliphatic heterocycles. The van der Waals surface area contributed by atoms with Crippen molar-refractivity contribution in [2.45, 2.75) is 77.8 Å². The summed E-state index contributed by atoms with van der Waals surface area (Å²) >= 11 is 0. The number of benzene rings is 3. The Hall–Kier alpha value is -5.29. The van der Waals surface area contributed by atoms with Gasteiger partial charge in [-0.1, -0.05) is 81.3 Å². The number of unbranched alkanes of at least 4 members (excludes halogenated alkanes) is 2. The average molecular weight is 693 g/mol. The summed E-state index contributed by atoms with van der Waals surface area (Å²) in [6, 6.07) is 23.0. The topological polar surface area (TPSA) is 151 Å². The van der Waals surface area contributed by atoms with E-state index in [1.54, 1.807) is 58.1 Å². The normalized spacial score (nSPS) is 14.4. The lowest BCUT2D eigenvalue weighted by molar-refractivity contribution is -0.123. The zero-order valence-corrected chi connectivity index (χ0v) is 29.7. The summed E-state index contributed by atoms with van der Waals surface area (Å²) in [5.74, 6) is -2.43. The minimum Gasteiger partial charge on any atom is -0.394 e. The second-order valence-electron chi connectivity index (χ2n) is 13.2. The van der Waals surface area contributed by atoms with Crippen molar-refractivity contribution in [2.75, 3.05) is 25.0 Å². The molecule has 0 saturated heterocycles. The molecule has 0 spiro atoms. The van der Waals surface area contributed by atoms with Crippen molar-refractivity contribution in [1.82, 2.24) is 19.6 Å². The van der Waals surface area contributed by atoms with Crippen LogP contribution in [0.25, 0.3) is 5.69 Å². The van der Waals surface area contributed by atoms with Gasteiger partial charge in [-0.15, -0.1) is 0 Å². The van der Waals surface area contributed by atoms with Crippen molar-refractivity contribution in [1.29, 1.82) is 0 Å². The molecular formula is C40H48N6O5. The molecule has 0 fully saturated rings. The highest BCUT2D eigenvalue weighted by Gasteiger charge is 2.32. The Morgan fingerprint density at radius 2 is 1.61 bits per heavy atom. The number of amides is 4. The van der Waals surface area contributed by atoms with Crippen molar-refractivity contribution in [3.63, 3.8) is 0 Å². The highest BCUT2D eigenvalue weighted by molar-refractivity contribution is 6.02. The fourth-order valence-electron chi connectivity index (χ4n) is 6.59. The minimum absolute atomic E-state index is 0.162. The summed E-state index contributed by atoms with van der Waals surface area (Å²) < 4.78 is 1.59. The first kappa shape index (κ1) is 37.0. The van der Waals surface area contributed by atoms with E-state index in [4.69, 9.17) is 10.8 Å². The third-order valence-electron chi connectivity index (χ3n) is 9.43. The number of nitrogens with one attached hydrogen (secondary N) is 1. The number of aliphatic hydroxyl groups is 1. The van der Waals surface area contributed by atoms with Gasteiger partial charge in [0.1, 0.15) is 0 Å². The van der Waals surface area contributed by atoms with Gasteiger partial charge in [0.15, 0.2) is 5.69 Å². The first-order valence-electron chi connectivity index (χ1n) is 17.8. The summed E-state index contributed by atoms with van der Waals surface area (Å²) in [6.45, 7) is 7.34. The van der Waals surface area contributed by atoms with Crippen LogP contribution < -0.4 is 11.1 Å². The van der Waals surface area contributed by atoms with E-state index in [1.165, 1.54) is 0 Å². The summed E-state index contributed by atoms with van der Waals surface area (Å²) in [5, 5.41) is 18.1. The lowest BCUT2D eigenvalue weighted by atomic mass is 9.93. The Balaban J connectivity index is 1.55. The van der Waals surface area contributed by atoms with Crippen LogP contribution in [0.5, 0.6) is 0 Å². The molecule has 4 N–H and O–H groups in total. The van der Waals surface area contributed by atoms with Gasteiger partial charge in [0.2, 0.25) is 11.8 Å². The van der Waals surface area contributed by atoms with Gasteiger partial charge in [-0.2, -0.15) is 5.10 Å². The van der Waals surface area contributed by atoms with Gasteiger partial charge < -0.3 is 26.0 Å². The molecule has 0 saturated carbocycles. The highest BCUT2D eigenvalue weighted by Crippen LogP contribution is 2.30. The molecule has 5 rings (SSSR count). The Labute approximate surface area is 299 Å². The number of aryl methyl sites for hydroxylation is 1. The molecule has 11 heteroatoms. The molecule has 3 aromatic carbocycles. The van der Waals surface area contributed by atoms with E-state index in [0.29, 0.717) is 42.1 Å². The van der Waals surface area contributed by atoms with E-state index < -0.39 is 23.8 Å². The average Bonchev–Trinajstić information content (AvgIpc) is 3.53. The number of nitrogens with zero attached hydrogens (tertiary/aromatic N) is 4. The van der Waals surface area contributed by atoms with E-state index in [-0.39, 0.29) is 42.6 Å². The van der Waals surface area contributed by atoms with Gasteiger partial charge in [0.25, 0.3) is 11.8 Å². The highest BCUT2D eigenvalue weighted by atomic mass is 16.3. The third-order valence-corrected chi connectivity index (χ3v) is 9.43. The largest absolute Gasteiger partial charge is 0.394 e. The smallest absolute Gasteiger partial charge is 0.274 e. The van der Waals surface area contributed by atoms with Crippen LogP contribution in [-0.2, 0) is 22.6 Å². The van der Waals surface area contributed by atoms with Crippen LogP contribution in [0.2, 0.25) is 0 Å². The fraction of sp³-hybridized carbons (Fsp3) is 0.375. The number of anilines is 1. The van der Waals surface area contributed by atoms with Crippen LogP contribution in [-0.4, -0.2) is 74.1 Å². The predicted octanol–water partition coefficient (Wildman–Crippen LogP) is 5.38. The molecule has 0 aliphatic carbocycles. The SMILES string of the molecule is CCCCN(CCCC)C(=O)c1cc(C)n(-c2ccc(NC(=O)C(CC(N)=O)c3ccccc3)cc2C(=O)N2Cc3ccccc3CC2CO)n1. The van der Waals surface area contributed by atoms with E-state index in [9.17, 15) is 24.3 Å². The Bertz CT molecular complexity index is 1850. The van der Waals surface area contributed by atoms with Crippen LogP contribution in [0.4, 0.5) is 5.69 Å². The number of aliphatic hydroxyl groups excluding tert-OH is 1. The van der Waals surface area contributed by atoms with Gasteiger partial charge in [0, 0.05) is 37.4 Å².